The molecule has 7 nitrogen and oxygen atoms in total. The van der Waals surface area contributed by atoms with Crippen LogP contribution in [-0.4, -0.2) is 65.4 Å². The van der Waals surface area contributed by atoms with Crippen LogP contribution in [0, 0.1) is 5.92 Å². The summed E-state index contributed by atoms with van der Waals surface area (Å²) in [5.41, 5.74) is 0.884. The number of nitrogens with zero attached hydrogens (tertiary/aromatic N) is 5. The first-order chi connectivity index (χ1) is 11.8. The lowest BCUT2D eigenvalue weighted by molar-refractivity contribution is 0.114. The summed E-state index contributed by atoms with van der Waals surface area (Å²) in [7, 11) is 1.84. The van der Waals surface area contributed by atoms with Crippen molar-refractivity contribution in [3.05, 3.63) is 30.2 Å². The van der Waals surface area contributed by atoms with Crippen LogP contribution in [0.25, 0.3) is 5.65 Å². The van der Waals surface area contributed by atoms with Crippen molar-refractivity contribution in [3.8, 4) is 0 Å². The van der Waals surface area contributed by atoms with Gasteiger partial charge in [0.1, 0.15) is 5.82 Å². The molecule has 0 aromatic carbocycles. The third-order valence-corrected chi connectivity index (χ3v) is 4.37. The van der Waals surface area contributed by atoms with E-state index in [2.05, 4.69) is 25.4 Å². The molecule has 0 aliphatic carbocycles. The Kier molecular flexibility index (Phi) is 5.63. The van der Waals surface area contributed by atoms with Crippen LogP contribution in [0.3, 0.4) is 0 Å². The molecule has 0 saturated carbocycles. The number of likely N-dealkylation sites (tertiary alicyclic amines) is 1. The highest BCUT2D eigenvalue weighted by Crippen LogP contribution is 2.16. The van der Waals surface area contributed by atoms with Gasteiger partial charge >= 0.3 is 0 Å². The topological polar surface area (TPSA) is 67.0 Å². The Hall–Kier alpha value is -2.15. The Morgan fingerprint density at radius 3 is 3.17 bits per heavy atom. The van der Waals surface area contributed by atoms with E-state index < -0.39 is 0 Å². The molecule has 0 spiro atoms. The van der Waals surface area contributed by atoms with Crippen molar-refractivity contribution in [2.24, 2.45) is 10.9 Å². The largest absolute Gasteiger partial charge is 0.381 e. The number of hydrogen-bond donors (Lipinski definition) is 1. The van der Waals surface area contributed by atoms with E-state index in [4.69, 9.17) is 4.74 Å². The van der Waals surface area contributed by atoms with Gasteiger partial charge in [-0.2, -0.15) is 0 Å². The second-order valence-electron chi connectivity index (χ2n) is 6.03. The number of nitrogens with one attached hydrogen (secondary N) is 1. The smallest absolute Gasteiger partial charge is 0.193 e. The minimum atomic E-state index is 0.601. The molecule has 1 aliphatic heterocycles. The molecule has 7 heteroatoms. The zero-order valence-corrected chi connectivity index (χ0v) is 14.5. The maximum Gasteiger partial charge on any atom is 0.193 e. The molecule has 130 valence electrons. The van der Waals surface area contributed by atoms with E-state index >= 15 is 0 Å². The van der Waals surface area contributed by atoms with Gasteiger partial charge in [0, 0.05) is 51.8 Å². The van der Waals surface area contributed by atoms with Crippen LogP contribution < -0.4 is 5.32 Å². The van der Waals surface area contributed by atoms with Crippen molar-refractivity contribution in [1.29, 1.82) is 0 Å². The maximum atomic E-state index is 5.55. The van der Waals surface area contributed by atoms with Crippen LogP contribution >= 0.6 is 0 Å². The minimum absolute atomic E-state index is 0.601. The molecule has 24 heavy (non-hydrogen) atoms. The van der Waals surface area contributed by atoms with E-state index in [1.165, 1.54) is 0 Å². The summed E-state index contributed by atoms with van der Waals surface area (Å²) in [6.07, 6.45) is 3.97. The van der Waals surface area contributed by atoms with E-state index in [0.717, 1.165) is 63.1 Å². The average Bonchev–Trinajstić information content (AvgIpc) is 3.24. The van der Waals surface area contributed by atoms with Gasteiger partial charge in [0.2, 0.25) is 0 Å². The van der Waals surface area contributed by atoms with Gasteiger partial charge in [0.15, 0.2) is 11.6 Å². The molecule has 1 aliphatic rings. The Bertz CT molecular complexity index is 683. The zero-order valence-electron chi connectivity index (χ0n) is 14.5. The molecule has 1 saturated heterocycles. The minimum Gasteiger partial charge on any atom is -0.381 e. The lowest BCUT2D eigenvalue weighted by Crippen LogP contribution is -2.41. The SMILES string of the molecule is CCOCC1CCN(C(=NC)NCCc2nnc3ccccn23)C1. The number of aromatic nitrogens is 3. The van der Waals surface area contributed by atoms with Crippen molar-refractivity contribution in [2.75, 3.05) is 39.9 Å². The normalized spacial score (nSPS) is 18.5. The van der Waals surface area contributed by atoms with Crippen LogP contribution in [0.1, 0.15) is 19.2 Å². The highest BCUT2D eigenvalue weighted by molar-refractivity contribution is 5.80. The zero-order chi connectivity index (χ0) is 16.8. The Labute approximate surface area is 142 Å². The summed E-state index contributed by atoms with van der Waals surface area (Å²) in [6, 6.07) is 5.93. The van der Waals surface area contributed by atoms with Gasteiger partial charge in [-0.15, -0.1) is 10.2 Å². The molecule has 0 amide bonds. The fourth-order valence-electron chi connectivity index (χ4n) is 3.13. The molecule has 2 aromatic rings. The average molecular weight is 330 g/mol. The van der Waals surface area contributed by atoms with Gasteiger partial charge in [-0.05, 0) is 25.5 Å². The number of guanidine groups is 1. The summed E-state index contributed by atoms with van der Waals surface area (Å²) in [5, 5.41) is 11.9. The van der Waals surface area contributed by atoms with Gasteiger partial charge < -0.3 is 15.0 Å². The lowest BCUT2D eigenvalue weighted by Gasteiger charge is -2.21. The standard InChI is InChI=1S/C17H26N6O/c1-3-24-13-14-8-11-22(12-14)17(18-2)19-9-7-16-21-20-15-6-4-5-10-23(15)16/h4-6,10,14H,3,7-9,11-13H2,1-2H3,(H,18,19). The van der Waals surface area contributed by atoms with Crippen molar-refractivity contribution >= 4 is 11.6 Å². The van der Waals surface area contributed by atoms with Crippen molar-refractivity contribution in [3.63, 3.8) is 0 Å². The highest BCUT2D eigenvalue weighted by Gasteiger charge is 2.24. The molecular weight excluding hydrogens is 304 g/mol. The lowest BCUT2D eigenvalue weighted by atomic mass is 10.1. The van der Waals surface area contributed by atoms with Crippen LogP contribution in [0.5, 0.6) is 0 Å². The highest BCUT2D eigenvalue weighted by atomic mass is 16.5. The van der Waals surface area contributed by atoms with E-state index in [1.807, 2.05) is 42.8 Å². The summed E-state index contributed by atoms with van der Waals surface area (Å²) in [6.45, 7) is 6.50. The van der Waals surface area contributed by atoms with Gasteiger partial charge in [-0.3, -0.25) is 9.39 Å². The second-order valence-corrected chi connectivity index (χ2v) is 6.03. The predicted molar refractivity (Wildman–Crippen MR) is 94.2 cm³/mol. The molecule has 1 unspecified atom stereocenters. The fourth-order valence-corrected chi connectivity index (χ4v) is 3.13. The molecule has 2 aromatic heterocycles. The van der Waals surface area contributed by atoms with Gasteiger partial charge in [-0.1, -0.05) is 6.07 Å². The first-order valence-electron chi connectivity index (χ1n) is 8.63. The number of aliphatic imine (C=N–C) groups is 1. The molecule has 1 N–H and O–H groups in total. The fraction of sp³-hybridized carbons (Fsp3) is 0.588. The summed E-state index contributed by atoms with van der Waals surface area (Å²) in [4.78, 5) is 6.72. The molecule has 0 radical (unpaired) electrons. The Morgan fingerprint density at radius 1 is 1.42 bits per heavy atom. The second kappa shape index (κ2) is 8.10. The van der Waals surface area contributed by atoms with E-state index in [-0.39, 0.29) is 0 Å². The van der Waals surface area contributed by atoms with Crippen LogP contribution in [0.2, 0.25) is 0 Å². The number of fused-ring (bicyclic) bond motifs is 1. The summed E-state index contributed by atoms with van der Waals surface area (Å²) < 4.78 is 7.57. The maximum absolute atomic E-state index is 5.55. The van der Waals surface area contributed by atoms with Crippen molar-refractivity contribution < 1.29 is 4.74 Å². The number of ether oxygens (including phenoxy) is 1. The van der Waals surface area contributed by atoms with E-state index in [1.54, 1.807) is 0 Å². The van der Waals surface area contributed by atoms with Crippen molar-refractivity contribution in [2.45, 2.75) is 19.8 Å². The van der Waals surface area contributed by atoms with E-state index in [0.29, 0.717) is 5.92 Å². The number of pyridine rings is 1. The first kappa shape index (κ1) is 16.7. The van der Waals surface area contributed by atoms with Gasteiger partial charge in [0.05, 0.1) is 6.61 Å². The molecular formula is C17H26N6O. The van der Waals surface area contributed by atoms with Gasteiger partial charge in [-0.25, -0.2) is 0 Å². The Balaban J connectivity index is 1.50. The molecule has 3 rings (SSSR count). The summed E-state index contributed by atoms with van der Waals surface area (Å²) >= 11 is 0. The molecule has 1 fully saturated rings. The monoisotopic (exact) mass is 330 g/mol. The first-order valence-corrected chi connectivity index (χ1v) is 8.63. The quantitative estimate of drug-likeness (QED) is 0.637. The van der Waals surface area contributed by atoms with E-state index in [9.17, 15) is 0 Å². The summed E-state index contributed by atoms with van der Waals surface area (Å²) in [5.74, 6) is 2.52. The third kappa shape index (κ3) is 3.84. The predicted octanol–water partition coefficient (Wildman–Crippen LogP) is 1.21. The number of rotatable bonds is 6. The number of hydrogen-bond acceptors (Lipinski definition) is 4. The van der Waals surface area contributed by atoms with Gasteiger partial charge in [0.25, 0.3) is 0 Å². The van der Waals surface area contributed by atoms with Crippen LogP contribution in [-0.2, 0) is 11.2 Å². The van der Waals surface area contributed by atoms with Crippen LogP contribution in [0.15, 0.2) is 29.4 Å². The molecule has 1 atom stereocenters. The molecule has 0 bridgehead atoms. The van der Waals surface area contributed by atoms with Crippen molar-refractivity contribution in [1.82, 2.24) is 24.8 Å². The molecule has 3 heterocycles. The Morgan fingerprint density at radius 2 is 2.33 bits per heavy atom. The third-order valence-electron chi connectivity index (χ3n) is 4.37. The van der Waals surface area contributed by atoms with Crippen LogP contribution in [0.4, 0.5) is 0 Å².